The number of ether oxygens (including phenoxy) is 1. The molecule has 0 aliphatic heterocycles. The van der Waals surface area contributed by atoms with E-state index in [1.54, 1.807) is 6.92 Å². The molecule has 0 saturated carbocycles. The largest absolute Gasteiger partial charge is 0.394 e. The lowest BCUT2D eigenvalue weighted by Gasteiger charge is -2.23. The molecule has 2 unspecified atom stereocenters. The van der Waals surface area contributed by atoms with E-state index in [2.05, 4.69) is 4.98 Å². The molecule has 7 heteroatoms. The van der Waals surface area contributed by atoms with Crippen LogP contribution >= 0.6 is 0 Å². The highest BCUT2D eigenvalue weighted by atomic mass is 16.5. The Morgan fingerprint density at radius 2 is 2.24 bits per heavy atom. The molecule has 0 aromatic carbocycles. The number of nitrogen functional groups attached to an aromatic ring is 1. The summed E-state index contributed by atoms with van der Waals surface area (Å²) in [4.78, 5) is 15.0. The Hall–Kier alpha value is -1.44. The van der Waals surface area contributed by atoms with Gasteiger partial charge in [-0.15, -0.1) is 0 Å². The van der Waals surface area contributed by atoms with E-state index in [9.17, 15) is 9.90 Å². The summed E-state index contributed by atoms with van der Waals surface area (Å²) in [6.07, 6.45) is -0.789. The smallest absolute Gasteiger partial charge is 0.351 e. The molecular weight excluding hydrogens is 226 g/mol. The van der Waals surface area contributed by atoms with E-state index >= 15 is 0 Å². The molecule has 0 aliphatic rings. The summed E-state index contributed by atoms with van der Waals surface area (Å²) in [6, 6.07) is 1.47. The van der Waals surface area contributed by atoms with Crippen molar-refractivity contribution < 1.29 is 14.9 Å². The van der Waals surface area contributed by atoms with E-state index < -0.39 is 24.1 Å². The normalized spacial score (nSPS) is 16.5. The Morgan fingerprint density at radius 1 is 1.59 bits per heavy atom. The zero-order valence-electron chi connectivity index (χ0n) is 9.78. The Bertz CT molecular complexity index is 418. The van der Waals surface area contributed by atoms with Gasteiger partial charge in [-0.3, -0.25) is 4.57 Å². The van der Waals surface area contributed by atoms with Crippen LogP contribution in [0, 0.1) is 0 Å². The topological polar surface area (TPSA) is 111 Å². The predicted octanol–water partition coefficient (Wildman–Crippen LogP) is -0.898. The molecule has 7 nitrogen and oxygen atoms in total. The fourth-order valence-electron chi connectivity index (χ4n) is 1.33. The summed E-state index contributed by atoms with van der Waals surface area (Å²) in [6.45, 7) is 2.78. The summed E-state index contributed by atoms with van der Waals surface area (Å²) in [5.41, 5.74) is 4.82. The lowest BCUT2D eigenvalue weighted by molar-refractivity contribution is -0.113. The number of hydrogen-bond acceptors (Lipinski definition) is 6. The van der Waals surface area contributed by atoms with Crippen molar-refractivity contribution in [1.82, 2.24) is 9.55 Å². The fraction of sp³-hybridized carbons (Fsp3) is 0.600. The number of anilines is 1. The van der Waals surface area contributed by atoms with Crippen molar-refractivity contribution >= 4 is 5.82 Å². The second-order valence-corrected chi connectivity index (χ2v) is 3.74. The Kier molecular flexibility index (Phi) is 4.62. The lowest BCUT2D eigenvalue weighted by atomic mass is 10.2. The summed E-state index contributed by atoms with van der Waals surface area (Å²) in [5.74, 6) is 0.132. The van der Waals surface area contributed by atoms with Gasteiger partial charge in [-0.1, -0.05) is 0 Å². The van der Waals surface area contributed by atoms with E-state index in [1.165, 1.54) is 23.8 Å². The first kappa shape index (κ1) is 13.6. The standard InChI is InChI=1S/C10H17N3O4/c1-6(15)8(5-14)17-7(2)13-4-3-9(11)12-10(13)16/h3-4,6-8,14-15H,5H2,1-2H3,(H2,11,12,16)/t6?,7?,8-/m1/s1. The predicted molar refractivity (Wildman–Crippen MR) is 61.3 cm³/mol. The van der Waals surface area contributed by atoms with Crippen LogP contribution in [-0.4, -0.2) is 38.6 Å². The first-order valence-corrected chi connectivity index (χ1v) is 5.24. The second-order valence-electron chi connectivity index (χ2n) is 3.74. The molecule has 0 saturated heterocycles. The molecule has 0 amide bonds. The van der Waals surface area contributed by atoms with Crippen molar-refractivity contribution in [1.29, 1.82) is 0 Å². The van der Waals surface area contributed by atoms with Gasteiger partial charge in [-0.25, -0.2) is 4.79 Å². The third-order valence-electron chi connectivity index (χ3n) is 2.33. The van der Waals surface area contributed by atoms with Gasteiger partial charge in [0, 0.05) is 6.20 Å². The summed E-state index contributed by atoms with van der Waals surface area (Å²) in [5, 5.41) is 18.3. The third kappa shape index (κ3) is 3.52. The molecule has 17 heavy (non-hydrogen) atoms. The van der Waals surface area contributed by atoms with Crippen LogP contribution in [0.1, 0.15) is 20.1 Å². The van der Waals surface area contributed by atoms with E-state index in [4.69, 9.17) is 15.6 Å². The number of aliphatic hydroxyl groups is 2. The fourth-order valence-corrected chi connectivity index (χ4v) is 1.33. The van der Waals surface area contributed by atoms with Crippen LogP contribution < -0.4 is 11.4 Å². The maximum atomic E-state index is 11.5. The molecule has 1 rings (SSSR count). The van der Waals surface area contributed by atoms with Crippen LogP contribution in [0.3, 0.4) is 0 Å². The van der Waals surface area contributed by atoms with Gasteiger partial charge in [0.2, 0.25) is 0 Å². The Morgan fingerprint density at radius 3 is 2.71 bits per heavy atom. The minimum absolute atomic E-state index is 0.132. The Balaban J connectivity index is 2.82. The average Bonchev–Trinajstić information content (AvgIpc) is 2.24. The van der Waals surface area contributed by atoms with Gasteiger partial charge in [0.15, 0.2) is 0 Å². The summed E-state index contributed by atoms with van der Waals surface area (Å²) in [7, 11) is 0. The number of aliphatic hydroxyl groups excluding tert-OH is 2. The second kappa shape index (κ2) is 5.76. The van der Waals surface area contributed by atoms with Crippen molar-refractivity contribution in [3.05, 3.63) is 22.7 Å². The highest BCUT2D eigenvalue weighted by Crippen LogP contribution is 2.10. The van der Waals surface area contributed by atoms with Crippen LogP contribution in [0.5, 0.6) is 0 Å². The number of rotatable bonds is 5. The van der Waals surface area contributed by atoms with E-state index in [0.29, 0.717) is 0 Å². The number of hydrogen-bond donors (Lipinski definition) is 3. The van der Waals surface area contributed by atoms with Crippen LogP contribution in [0.4, 0.5) is 5.82 Å². The van der Waals surface area contributed by atoms with Crippen molar-refractivity contribution in [3.63, 3.8) is 0 Å². The number of nitrogens with two attached hydrogens (primary N) is 1. The first-order valence-electron chi connectivity index (χ1n) is 5.24. The maximum absolute atomic E-state index is 11.5. The average molecular weight is 243 g/mol. The van der Waals surface area contributed by atoms with Crippen LogP contribution in [-0.2, 0) is 4.74 Å². The van der Waals surface area contributed by atoms with Crippen molar-refractivity contribution in [2.45, 2.75) is 32.3 Å². The monoisotopic (exact) mass is 243 g/mol. The van der Waals surface area contributed by atoms with Crippen molar-refractivity contribution in [2.75, 3.05) is 12.3 Å². The quantitative estimate of drug-likeness (QED) is 0.618. The minimum Gasteiger partial charge on any atom is -0.394 e. The molecule has 0 radical (unpaired) electrons. The van der Waals surface area contributed by atoms with Crippen LogP contribution in [0.25, 0.3) is 0 Å². The van der Waals surface area contributed by atoms with Crippen LogP contribution in [0.15, 0.2) is 17.1 Å². The molecule has 0 spiro atoms. The molecule has 0 aliphatic carbocycles. The minimum atomic E-state index is -0.833. The van der Waals surface area contributed by atoms with E-state index in [-0.39, 0.29) is 12.4 Å². The van der Waals surface area contributed by atoms with Gasteiger partial charge in [-0.05, 0) is 19.9 Å². The molecule has 1 aromatic heterocycles. The highest BCUT2D eigenvalue weighted by molar-refractivity contribution is 5.23. The first-order chi connectivity index (χ1) is 7.95. The number of aromatic nitrogens is 2. The van der Waals surface area contributed by atoms with Gasteiger partial charge < -0.3 is 20.7 Å². The van der Waals surface area contributed by atoms with Crippen LogP contribution in [0.2, 0.25) is 0 Å². The summed E-state index contributed by atoms with van der Waals surface area (Å²) < 4.78 is 6.57. The van der Waals surface area contributed by atoms with E-state index in [1.807, 2.05) is 0 Å². The van der Waals surface area contributed by atoms with Gasteiger partial charge in [0.25, 0.3) is 0 Å². The van der Waals surface area contributed by atoms with Gasteiger partial charge >= 0.3 is 5.69 Å². The number of nitrogens with zero attached hydrogens (tertiary/aromatic N) is 2. The maximum Gasteiger partial charge on any atom is 0.351 e. The van der Waals surface area contributed by atoms with Gasteiger partial charge in [0.05, 0.1) is 12.7 Å². The lowest BCUT2D eigenvalue weighted by Crippen LogP contribution is -2.35. The van der Waals surface area contributed by atoms with E-state index in [0.717, 1.165) is 0 Å². The van der Waals surface area contributed by atoms with Gasteiger partial charge in [-0.2, -0.15) is 4.98 Å². The molecule has 0 bridgehead atoms. The molecule has 1 aromatic rings. The highest BCUT2D eigenvalue weighted by Gasteiger charge is 2.19. The Labute approximate surface area is 98.5 Å². The molecular formula is C10H17N3O4. The molecule has 0 fully saturated rings. The zero-order valence-corrected chi connectivity index (χ0v) is 9.78. The summed E-state index contributed by atoms with van der Waals surface area (Å²) >= 11 is 0. The molecule has 4 N–H and O–H groups in total. The molecule has 1 heterocycles. The van der Waals surface area contributed by atoms with Crippen molar-refractivity contribution in [3.8, 4) is 0 Å². The third-order valence-corrected chi connectivity index (χ3v) is 2.33. The van der Waals surface area contributed by atoms with Crippen molar-refractivity contribution in [2.24, 2.45) is 0 Å². The molecule has 3 atom stereocenters. The SMILES string of the molecule is CC(O)[C@@H](CO)OC(C)n1ccc(N)nc1=O. The zero-order chi connectivity index (χ0) is 13.0. The molecule has 96 valence electrons. The van der Waals surface area contributed by atoms with Gasteiger partial charge in [0.1, 0.15) is 18.1 Å².